The first kappa shape index (κ1) is 19.7. The van der Waals surface area contributed by atoms with E-state index in [1.807, 2.05) is 6.92 Å². The van der Waals surface area contributed by atoms with Crippen LogP contribution in [-0.2, 0) is 14.6 Å². The molecule has 1 atom stereocenters. The SMILES string of the molecule is COc1ccc(N(C(=O)CS(=O)(=O)c2ccc(Cl)cc2)C(C)C2CC2)cc1. The van der Waals surface area contributed by atoms with Crippen LogP contribution in [0.25, 0.3) is 0 Å². The van der Waals surface area contributed by atoms with Crippen LogP contribution in [0.5, 0.6) is 5.75 Å². The van der Waals surface area contributed by atoms with Crippen molar-refractivity contribution in [3.05, 3.63) is 53.6 Å². The van der Waals surface area contributed by atoms with Crippen LogP contribution < -0.4 is 9.64 Å². The van der Waals surface area contributed by atoms with Crippen molar-refractivity contribution in [3.8, 4) is 5.75 Å². The zero-order valence-corrected chi connectivity index (χ0v) is 16.8. The first-order chi connectivity index (χ1) is 12.8. The molecule has 0 radical (unpaired) electrons. The van der Waals surface area contributed by atoms with Crippen LogP contribution in [0.4, 0.5) is 5.69 Å². The van der Waals surface area contributed by atoms with E-state index < -0.39 is 21.5 Å². The predicted octanol–water partition coefficient (Wildman–Crippen LogP) is 3.95. The van der Waals surface area contributed by atoms with Crippen molar-refractivity contribution in [1.29, 1.82) is 0 Å². The van der Waals surface area contributed by atoms with Crippen molar-refractivity contribution in [2.75, 3.05) is 17.8 Å². The summed E-state index contributed by atoms with van der Waals surface area (Å²) < 4.78 is 30.5. The van der Waals surface area contributed by atoms with Gasteiger partial charge in [-0.15, -0.1) is 0 Å². The second-order valence-corrected chi connectivity index (χ2v) is 9.18. The number of nitrogens with zero attached hydrogens (tertiary/aromatic N) is 1. The number of ether oxygens (including phenoxy) is 1. The smallest absolute Gasteiger partial charge is 0.242 e. The Kier molecular flexibility index (Phi) is 5.77. The summed E-state index contributed by atoms with van der Waals surface area (Å²) in [6.07, 6.45) is 2.09. The average Bonchev–Trinajstić information content (AvgIpc) is 3.47. The molecule has 27 heavy (non-hydrogen) atoms. The molecular formula is C20H22ClNO4S. The molecule has 0 aromatic heterocycles. The molecule has 1 unspecified atom stereocenters. The Labute approximate surface area is 164 Å². The van der Waals surface area contributed by atoms with Crippen LogP contribution in [-0.4, -0.2) is 33.2 Å². The fourth-order valence-electron chi connectivity index (χ4n) is 3.10. The molecule has 2 aromatic rings. The van der Waals surface area contributed by atoms with Gasteiger partial charge in [0.1, 0.15) is 11.5 Å². The summed E-state index contributed by atoms with van der Waals surface area (Å²) in [5, 5.41) is 0.447. The summed E-state index contributed by atoms with van der Waals surface area (Å²) in [5.74, 6) is 0.0559. The first-order valence-electron chi connectivity index (χ1n) is 8.76. The fraction of sp³-hybridized carbons (Fsp3) is 0.350. The van der Waals surface area contributed by atoms with Gasteiger partial charge >= 0.3 is 0 Å². The highest BCUT2D eigenvalue weighted by Crippen LogP contribution is 2.37. The maximum absolute atomic E-state index is 13.0. The first-order valence-corrected chi connectivity index (χ1v) is 10.8. The maximum Gasteiger partial charge on any atom is 0.242 e. The number of rotatable bonds is 7. The van der Waals surface area contributed by atoms with E-state index in [1.165, 1.54) is 24.3 Å². The second kappa shape index (κ2) is 7.90. The molecular weight excluding hydrogens is 386 g/mol. The van der Waals surface area contributed by atoms with Crippen LogP contribution in [0.3, 0.4) is 0 Å². The lowest BCUT2D eigenvalue weighted by Crippen LogP contribution is -2.43. The lowest BCUT2D eigenvalue weighted by molar-refractivity contribution is -0.116. The van der Waals surface area contributed by atoms with Gasteiger partial charge in [-0.3, -0.25) is 4.79 Å². The summed E-state index contributed by atoms with van der Waals surface area (Å²) in [5.41, 5.74) is 0.673. The Bertz CT molecular complexity index is 906. The number of halogens is 1. The highest BCUT2D eigenvalue weighted by atomic mass is 35.5. The predicted molar refractivity (Wildman–Crippen MR) is 106 cm³/mol. The summed E-state index contributed by atoms with van der Waals surface area (Å²) in [6, 6.07) is 12.9. The Hall–Kier alpha value is -2.05. The Morgan fingerprint density at radius 1 is 1.15 bits per heavy atom. The van der Waals surface area contributed by atoms with Crippen molar-refractivity contribution in [2.45, 2.75) is 30.7 Å². The van der Waals surface area contributed by atoms with Crippen LogP contribution >= 0.6 is 11.6 Å². The van der Waals surface area contributed by atoms with Crippen molar-refractivity contribution in [2.24, 2.45) is 5.92 Å². The third-order valence-electron chi connectivity index (χ3n) is 4.82. The van der Waals surface area contributed by atoms with Crippen molar-refractivity contribution < 1.29 is 17.9 Å². The van der Waals surface area contributed by atoms with E-state index in [0.29, 0.717) is 22.4 Å². The minimum Gasteiger partial charge on any atom is -0.497 e. The number of sulfone groups is 1. The third kappa shape index (κ3) is 4.62. The average molecular weight is 408 g/mol. The molecule has 0 heterocycles. The molecule has 1 aliphatic carbocycles. The van der Waals surface area contributed by atoms with E-state index in [1.54, 1.807) is 36.3 Å². The lowest BCUT2D eigenvalue weighted by Gasteiger charge is -2.29. The molecule has 0 N–H and O–H groups in total. The van der Waals surface area contributed by atoms with E-state index in [0.717, 1.165) is 12.8 Å². The fourth-order valence-corrected chi connectivity index (χ4v) is 4.40. The van der Waals surface area contributed by atoms with Crippen molar-refractivity contribution in [1.82, 2.24) is 0 Å². The molecule has 0 bridgehead atoms. The monoisotopic (exact) mass is 407 g/mol. The normalized spacial score (nSPS) is 15.2. The van der Waals surface area contributed by atoms with Gasteiger partial charge in [-0.05, 0) is 74.2 Å². The van der Waals surface area contributed by atoms with Gasteiger partial charge in [-0.25, -0.2) is 8.42 Å². The second-order valence-electron chi connectivity index (χ2n) is 6.75. The van der Waals surface area contributed by atoms with Gasteiger partial charge < -0.3 is 9.64 Å². The maximum atomic E-state index is 13.0. The van der Waals surface area contributed by atoms with Crippen LogP contribution in [0.15, 0.2) is 53.4 Å². The van der Waals surface area contributed by atoms with E-state index in [4.69, 9.17) is 16.3 Å². The number of carbonyl (C=O) groups excluding carboxylic acids is 1. The van der Waals surface area contributed by atoms with E-state index in [-0.39, 0.29) is 10.9 Å². The Morgan fingerprint density at radius 3 is 2.26 bits per heavy atom. The molecule has 0 saturated heterocycles. The molecule has 144 valence electrons. The standard InChI is InChI=1S/C20H22ClNO4S/c1-14(15-3-4-15)22(17-7-9-18(26-2)10-8-17)20(23)13-27(24,25)19-11-5-16(21)6-12-19/h5-12,14-15H,3-4,13H2,1-2H3. The summed E-state index contributed by atoms with van der Waals surface area (Å²) >= 11 is 5.83. The van der Waals surface area contributed by atoms with Gasteiger partial charge in [0.25, 0.3) is 0 Å². The minimum atomic E-state index is -3.76. The minimum absolute atomic E-state index is 0.0636. The molecule has 3 rings (SSSR count). The number of benzene rings is 2. The van der Waals surface area contributed by atoms with Crippen molar-refractivity contribution >= 4 is 33.0 Å². The molecule has 1 fully saturated rings. The van der Waals surface area contributed by atoms with E-state index in [2.05, 4.69) is 0 Å². The number of hydrogen-bond donors (Lipinski definition) is 0. The molecule has 1 amide bonds. The highest BCUT2D eigenvalue weighted by molar-refractivity contribution is 7.92. The summed E-state index contributed by atoms with van der Waals surface area (Å²) in [6.45, 7) is 1.97. The zero-order valence-electron chi connectivity index (χ0n) is 15.3. The van der Waals surface area contributed by atoms with Gasteiger partial charge in [0, 0.05) is 16.8 Å². The van der Waals surface area contributed by atoms with Crippen LogP contribution in [0.1, 0.15) is 19.8 Å². The Balaban J connectivity index is 1.87. The lowest BCUT2D eigenvalue weighted by atomic mass is 10.1. The molecule has 2 aromatic carbocycles. The van der Waals surface area contributed by atoms with Gasteiger partial charge in [0.15, 0.2) is 9.84 Å². The van der Waals surface area contributed by atoms with E-state index in [9.17, 15) is 13.2 Å². The largest absolute Gasteiger partial charge is 0.497 e. The van der Waals surface area contributed by atoms with Gasteiger partial charge in [0.2, 0.25) is 5.91 Å². The van der Waals surface area contributed by atoms with Crippen LogP contribution in [0, 0.1) is 5.92 Å². The van der Waals surface area contributed by atoms with Crippen molar-refractivity contribution in [3.63, 3.8) is 0 Å². The Morgan fingerprint density at radius 2 is 1.74 bits per heavy atom. The number of hydrogen-bond acceptors (Lipinski definition) is 4. The number of anilines is 1. The number of amides is 1. The molecule has 0 spiro atoms. The van der Waals surface area contributed by atoms with Gasteiger partial charge in [-0.2, -0.15) is 0 Å². The van der Waals surface area contributed by atoms with E-state index >= 15 is 0 Å². The highest BCUT2D eigenvalue weighted by Gasteiger charge is 2.36. The van der Waals surface area contributed by atoms with Gasteiger partial charge in [0.05, 0.1) is 12.0 Å². The zero-order chi connectivity index (χ0) is 19.6. The molecule has 7 heteroatoms. The third-order valence-corrected chi connectivity index (χ3v) is 6.69. The summed E-state index contributed by atoms with van der Waals surface area (Å²) in [4.78, 5) is 14.7. The topological polar surface area (TPSA) is 63.7 Å². The van der Waals surface area contributed by atoms with Gasteiger partial charge in [-0.1, -0.05) is 11.6 Å². The molecule has 5 nitrogen and oxygen atoms in total. The molecule has 1 saturated carbocycles. The number of carbonyl (C=O) groups is 1. The number of methoxy groups -OCH3 is 1. The quantitative estimate of drug-likeness (QED) is 0.697. The van der Waals surface area contributed by atoms with Crippen LogP contribution in [0.2, 0.25) is 5.02 Å². The summed E-state index contributed by atoms with van der Waals surface area (Å²) in [7, 11) is -2.18. The molecule has 0 aliphatic heterocycles. The molecule has 1 aliphatic rings.